The van der Waals surface area contributed by atoms with Crippen LogP contribution in [-0.4, -0.2) is 61.1 Å². The normalized spacial score (nSPS) is 16.6. The molecule has 2 aromatic carbocycles. The first-order valence-corrected chi connectivity index (χ1v) is 13.5. The number of benzene rings is 2. The number of carboxylic acids is 1. The van der Waals surface area contributed by atoms with E-state index in [9.17, 15) is 23.9 Å². The van der Waals surface area contributed by atoms with Gasteiger partial charge in [0.05, 0.1) is 0 Å². The molecule has 2 aromatic rings. The van der Waals surface area contributed by atoms with Crippen molar-refractivity contribution in [2.24, 2.45) is 10.9 Å². The zero-order valence-corrected chi connectivity index (χ0v) is 22.4. The molecule has 0 aromatic heterocycles. The maximum Gasteiger partial charge on any atom is 0.326 e. The summed E-state index contributed by atoms with van der Waals surface area (Å²) in [6.45, 7) is 6.49. The van der Waals surface area contributed by atoms with Gasteiger partial charge in [0.1, 0.15) is 11.9 Å². The number of piperidine rings is 1. The van der Waals surface area contributed by atoms with Gasteiger partial charge in [0.25, 0.3) is 5.91 Å². The predicted molar refractivity (Wildman–Crippen MR) is 148 cm³/mol. The van der Waals surface area contributed by atoms with E-state index in [0.717, 1.165) is 56.7 Å². The van der Waals surface area contributed by atoms with Crippen molar-refractivity contribution in [1.29, 1.82) is 0 Å². The van der Waals surface area contributed by atoms with Crippen LogP contribution >= 0.6 is 0 Å². The van der Waals surface area contributed by atoms with Gasteiger partial charge < -0.3 is 20.6 Å². The van der Waals surface area contributed by atoms with Crippen molar-refractivity contribution in [2.45, 2.75) is 52.0 Å². The van der Waals surface area contributed by atoms with Crippen molar-refractivity contribution in [1.82, 2.24) is 16.0 Å². The summed E-state index contributed by atoms with van der Waals surface area (Å²) in [6, 6.07) is 9.07. The number of nitrogens with one attached hydrogen (secondary N) is 3. The molecule has 4 rings (SSSR count). The van der Waals surface area contributed by atoms with Crippen LogP contribution in [0.15, 0.2) is 41.4 Å². The third kappa shape index (κ3) is 7.13. The average Bonchev–Trinajstić information content (AvgIpc) is 2.93. The molecule has 0 saturated carbocycles. The second-order valence-electron chi connectivity index (χ2n) is 10.1. The number of carbonyl (C=O) groups excluding carboxylic acids is 2. The number of anilines is 1. The molecule has 9 nitrogen and oxygen atoms in total. The minimum absolute atomic E-state index is 0.00166. The van der Waals surface area contributed by atoms with Crippen LogP contribution in [0, 0.1) is 18.7 Å². The number of aliphatic imine (C=N–C) groups is 1. The molecule has 2 aliphatic rings. The Bertz CT molecular complexity index is 1240. The van der Waals surface area contributed by atoms with Crippen molar-refractivity contribution in [2.75, 3.05) is 31.1 Å². The molecule has 0 radical (unpaired) electrons. The molecule has 1 saturated heterocycles. The van der Waals surface area contributed by atoms with Crippen molar-refractivity contribution >= 4 is 29.4 Å². The molecule has 2 heterocycles. The lowest BCUT2D eigenvalue weighted by Crippen LogP contribution is -2.48. The monoisotopic (exact) mass is 537 g/mol. The minimum atomic E-state index is -1.14. The number of aliphatic carboxylic acids is 1. The molecule has 4 N–H and O–H groups in total. The number of amides is 2. The number of hydrogen-bond donors (Lipinski definition) is 4. The number of carbonyl (C=O) groups is 3. The topological polar surface area (TPSA) is 123 Å². The van der Waals surface area contributed by atoms with E-state index in [1.165, 1.54) is 12.1 Å². The lowest BCUT2D eigenvalue weighted by atomic mass is 9.95. The summed E-state index contributed by atoms with van der Waals surface area (Å²) in [5.74, 6) is -1.58. The van der Waals surface area contributed by atoms with E-state index < -0.39 is 23.7 Å². The Morgan fingerprint density at radius 3 is 2.51 bits per heavy atom. The molecular weight excluding hydrogens is 501 g/mol. The van der Waals surface area contributed by atoms with Gasteiger partial charge in [-0.15, -0.1) is 0 Å². The third-order valence-electron chi connectivity index (χ3n) is 7.34. The highest BCUT2D eigenvalue weighted by atomic mass is 19.1. The van der Waals surface area contributed by atoms with E-state index in [-0.39, 0.29) is 18.2 Å². The number of guanidine groups is 1. The molecule has 1 atom stereocenters. The second-order valence-corrected chi connectivity index (χ2v) is 10.1. The Morgan fingerprint density at radius 1 is 1.18 bits per heavy atom. The van der Waals surface area contributed by atoms with Gasteiger partial charge in [-0.25, -0.2) is 9.18 Å². The summed E-state index contributed by atoms with van der Waals surface area (Å²) in [7, 11) is 0. The van der Waals surface area contributed by atoms with Crippen molar-refractivity contribution in [3.63, 3.8) is 0 Å². The number of rotatable bonds is 8. The Kier molecular flexibility index (Phi) is 9.16. The lowest BCUT2D eigenvalue weighted by Gasteiger charge is -2.33. The molecule has 10 heteroatoms. The first-order chi connectivity index (χ1) is 18.7. The van der Waals surface area contributed by atoms with Gasteiger partial charge in [0.15, 0.2) is 5.96 Å². The van der Waals surface area contributed by atoms with E-state index >= 15 is 0 Å². The summed E-state index contributed by atoms with van der Waals surface area (Å²) in [5, 5.41) is 18.4. The summed E-state index contributed by atoms with van der Waals surface area (Å²) < 4.78 is 13.8. The number of nitrogens with zero attached hydrogens (tertiary/aromatic N) is 2. The van der Waals surface area contributed by atoms with Crippen LogP contribution in [0.1, 0.15) is 53.2 Å². The molecule has 1 fully saturated rings. The molecule has 208 valence electrons. The van der Waals surface area contributed by atoms with Crippen molar-refractivity contribution in [3.05, 3.63) is 64.5 Å². The maximum atomic E-state index is 13.8. The molecule has 2 amide bonds. The number of halogens is 1. The Morgan fingerprint density at radius 2 is 1.90 bits per heavy atom. The van der Waals surface area contributed by atoms with Gasteiger partial charge >= 0.3 is 5.97 Å². The first kappa shape index (κ1) is 28.1. The standard InChI is InChI=1S/C29H36FN5O4/c1-3-20-17-22(30)15-18(2)25(20)27(37)33-24(28(38)39)16-19-5-7-23(8-6-19)35-13-9-21(10-14-35)26(36)34-29-31-11-4-12-32-29/h5-8,15,17,21,24H,3-4,9-14,16H2,1-2H3,(H,33,37)(H,38,39)(H2,31,32,34,36). The van der Waals surface area contributed by atoms with Gasteiger partial charge in [0, 0.05) is 49.8 Å². The highest BCUT2D eigenvalue weighted by molar-refractivity contribution is 5.99. The summed E-state index contributed by atoms with van der Waals surface area (Å²) >= 11 is 0. The summed E-state index contributed by atoms with van der Waals surface area (Å²) in [6.07, 6.45) is 3.00. The largest absolute Gasteiger partial charge is 0.480 e. The zero-order chi connectivity index (χ0) is 27.9. The van der Waals surface area contributed by atoms with Crippen LogP contribution in [0.3, 0.4) is 0 Å². The fraction of sp³-hybridized carbons (Fsp3) is 0.448. The van der Waals surface area contributed by atoms with Gasteiger partial charge in [-0.3, -0.25) is 19.9 Å². The fourth-order valence-corrected chi connectivity index (χ4v) is 5.16. The number of aryl methyl sites for hydroxylation is 2. The van der Waals surface area contributed by atoms with Crippen LogP contribution in [0.5, 0.6) is 0 Å². The van der Waals surface area contributed by atoms with E-state index in [1.807, 2.05) is 31.2 Å². The lowest BCUT2D eigenvalue weighted by molar-refractivity contribution is -0.139. The van der Waals surface area contributed by atoms with Gasteiger partial charge in [-0.05, 0) is 73.6 Å². The second kappa shape index (κ2) is 12.7. The molecule has 0 bridgehead atoms. The Labute approximate surface area is 227 Å². The van der Waals surface area contributed by atoms with E-state index in [1.54, 1.807) is 6.92 Å². The highest BCUT2D eigenvalue weighted by Crippen LogP contribution is 2.24. The van der Waals surface area contributed by atoms with E-state index in [0.29, 0.717) is 29.1 Å². The van der Waals surface area contributed by atoms with Crippen LogP contribution in [0.25, 0.3) is 0 Å². The molecule has 39 heavy (non-hydrogen) atoms. The SMILES string of the molecule is CCc1cc(F)cc(C)c1C(=O)NC(Cc1ccc(N2CCC(C(=O)NC3=NCCCN3)CC2)cc1)C(=O)O. The van der Waals surface area contributed by atoms with Crippen molar-refractivity contribution in [3.8, 4) is 0 Å². The smallest absolute Gasteiger partial charge is 0.326 e. The first-order valence-electron chi connectivity index (χ1n) is 13.5. The van der Waals surface area contributed by atoms with Gasteiger partial charge in [-0.2, -0.15) is 0 Å². The third-order valence-corrected chi connectivity index (χ3v) is 7.34. The summed E-state index contributed by atoms with van der Waals surface area (Å²) in [5.41, 5.74) is 3.10. The molecule has 0 aliphatic carbocycles. The number of carboxylic acid groups (broad SMARTS) is 1. The van der Waals surface area contributed by atoms with Crippen LogP contribution in [-0.2, 0) is 22.4 Å². The van der Waals surface area contributed by atoms with Crippen LogP contribution < -0.4 is 20.9 Å². The van der Waals surface area contributed by atoms with Crippen LogP contribution in [0.4, 0.5) is 10.1 Å². The molecule has 2 aliphatic heterocycles. The molecular formula is C29H36FN5O4. The minimum Gasteiger partial charge on any atom is -0.480 e. The van der Waals surface area contributed by atoms with Gasteiger partial charge in [0.2, 0.25) is 5.91 Å². The Balaban J connectivity index is 1.33. The van der Waals surface area contributed by atoms with Crippen molar-refractivity contribution < 1.29 is 23.9 Å². The fourth-order valence-electron chi connectivity index (χ4n) is 5.16. The molecule has 0 spiro atoms. The van der Waals surface area contributed by atoms with Crippen LogP contribution in [0.2, 0.25) is 0 Å². The van der Waals surface area contributed by atoms with E-state index in [4.69, 9.17) is 0 Å². The average molecular weight is 538 g/mol. The predicted octanol–water partition coefficient (Wildman–Crippen LogP) is 2.80. The molecule has 1 unspecified atom stereocenters. The zero-order valence-electron chi connectivity index (χ0n) is 22.4. The maximum absolute atomic E-state index is 13.8. The Hall–Kier alpha value is -3.95. The highest BCUT2D eigenvalue weighted by Gasteiger charge is 2.27. The number of hydrogen-bond acceptors (Lipinski definition) is 6. The summed E-state index contributed by atoms with van der Waals surface area (Å²) in [4.78, 5) is 44.0. The van der Waals surface area contributed by atoms with E-state index in [2.05, 4.69) is 25.8 Å². The quantitative estimate of drug-likeness (QED) is 0.411. The van der Waals surface area contributed by atoms with Gasteiger partial charge in [-0.1, -0.05) is 19.1 Å².